The predicted molar refractivity (Wildman–Crippen MR) is 145 cm³/mol. The van der Waals surface area contributed by atoms with E-state index in [1.54, 1.807) is 12.1 Å². The number of nitrogens with two attached hydrogens (primary N) is 2. The number of rotatable bonds is 11. The van der Waals surface area contributed by atoms with Crippen molar-refractivity contribution in [2.75, 3.05) is 6.54 Å². The minimum Gasteiger partial charge on any atom is -0.387 e. The van der Waals surface area contributed by atoms with Crippen molar-refractivity contribution in [2.24, 2.45) is 11.5 Å². The summed E-state index contributed by atoms with van der Waals surface area (Å²) in [6.45, 7) is 0.0449. The molecule has 0 radical (unpaired) electrons. The molecule has 3 rings (SSSR count). The molecule has 7 nitrogen and oxygen atoms in total. The normalized spacial score (nSPS) is 14.4. The predicted octanol–water partition coefficient (Wildman–Crippen LogP) is 2.07. The number of halogens is 1. The van der Waals surface area contributed by atoms with Crippen molar-refractivity contribution in [3.05, 3.63) is 105 Å². The highest BCUT2D eigenvalue weighted by Gasteiger charge is 2.26. The van der Waals surface area contributed by atoms with E-state index in [4.69, 9.17) is 11.5 Å². The van der Waals surface area contributed by atoms with Crippen LogP contribution in [0.1, 0.15) is 22.8 Å². The molecule has 0 heterocycles. The van der Waals surface area contributed by atoms with Gasteiger partial charge in [0, 0.05) is 16.5 Å². The highest BCUT2D eigenvalue weighted by Crippen LogP contribution is 2.17. The van der Waals surface area contributed by atoms with E-state index in [2.05, 4.69) is 33.2 Å². The molecule has 3 aromatic rings. The van der Waals surface area contributed by atoms with Crippen molar-refractivity contribution in [2.45, 2.75) is 37.1 Å². The second-order valence-corrected chi connectivity index (χ2v) is 9.70. The van der Waals surface area contributed by atoms with Gasteiger partial charge >= 0.3 is 0 Å². The van der Waals surface area contributed by atoms with Gasteiger partial charge < -0.3 is 27.2 Å². The quantitative estimate of drug-likeness (QED) is 0.220. The molecule has 3 aromatic carbocycles. The number of benzene rings is 3. The molecule has 0 fully saturated rings. The van der Waals surface area contributed by atoms with Gasteiger partial charge in [-0.3, -0.25) is 9.59 Å². The van der Waals surface area contributed by atoms with Crippen LogP contribution in [0.15, 0.2) is 84.9 Å². The summed E-state index contributed by atoms with van der Waals surface area (Å²) in [4.78, 5) is 25.9. The van der Waals surface area contributed by atoms with Crippen molar-refractivity contribution in [1.82, 2.24) is 10.6 Å². The largest absolute Gasteiger partial charge is 0.387 e. The van der Waals surface area contributed by atoms with Crippen LogP contribution < -0.4 is 22.1 Å². The summed E-state index contributed by atoms with van der Waals surface area (Å²) in [6, 6.07) is 23.9. The minimum atomic E-state index is -0.936. The zero-order valence-electron chi connectivity index (χ0n) is 19.3. The molecule has 0 aromatic heterocycles. The molecule has 0 spiro atoms. The highest BCUT2D eigenvalue weighted by molar-refractivity contribution is 14.1. The third-order valence-electron chi connectivity index (χ3n) is 5.68. The lowest BCUT2D eigenvalue weighted by molar-refractivity contribution is -0.129. The Hall–Kier alpha value is -2.79. The first kappa shape index (κ1) is 26.8. The summed E-state index contributed by atoms with van der Waals surface area (Å²) in [5.41, 5.74) is 14.8. The summed E-state index contributed by atoms with van der Waals surface area (Å²) < 4.78 is 1.05. The first-order valence-electron chi connectivity index (χ1n) is 11.4. The van der Waals surface area contributed by atoms with E-state index < -0.39 is 30.1 Å². The van der Waals surface area contributed by atoms with Gasteiger partial charge in [0.25, 0.3) is 0 Å². The molecule has 0 saturated carbocycles. The topological polar surface area (TPSA) is 130 Å². The zero-order chi connectivity index (χ0) is 25.2. The maximum Gasteiger partial charge on any atom is 0.242 e. The van der Waals surface area contributed by atoms with E-state index in [-0.39, 0.29) is 12.5 Å². The van der Waals surface area contributed by atoms with Gasteiger partial charge in [-0.2, -0.15) is 0 Å². The molecule has 184 valence electrons. The fraction of sp³-hybridized carbons (Fsp3) is 0.259. The molecule has 0 saturated heterocycles. The average Bonchev–Trinajstić information content (AvgIpc) is 2.87. The molecular formula is C27H31IN4O3. The smallest absolute Gasteiger partial charge is 0.242 e. The second-order valence-electron chi connectivity index (χ2n) is 8.45. The fourth-order valence-corrected chi connectivity index (χ4v) is 4.02. The standard InChI is InChI=1S/C27H31IN4O3/c28-21-13-11-20(12-14-21)25(33)23(30)17-31-27(35)24(16-19-9-5-2-6-10-19)32-26(34)22(29)15-18-7-3-1-4-8-18/h1-14,22-25,33H,15-17,29-30H2,(H,31,35)(H,32,34)/t22-,23+,24-,25+/m1/s1. The van der Waals surface area contributed by atoms with Crippen molar-refractivity contribution >= 4 is 34.4 Å². The molecule has 8 heteroatoms. The number of aliphatic hydroxyl groups is 1. The van der Waals surface area contributed by atoms with Gasteiger partial charge in [-0.25, -0.2) is 0 Å². The minimum absolute atomic E-state index is 0.0449. The monoisotopic (exact) mass is 586 g/mol. The molecule has 7 N–H and O–H groups in total. The molecule has 0 aliphatic carbocycles. The third-order valence-corrected chi connectivity index (χ3v) is 6.40. The first-order valence-corrected chi connectivity index (χ1v) is 12.5. The maximum absolute atomic E-state index is 13.1. The summed E-state index contributed by atoms with van der Waals surface area (Å²) in [5, 5.41) is 16.1. The fourth-order valence-electron chi connectivity index (χ4n) is 3.66. The van der Waals surface area contributed by atoms with Crippen LogP contribution in [0, 0.1) is 3.57 Å². The Morgan fingerprint density at radius 1 is 0.800 bits per heavy atom. The molecule has 0 aliphatic heterocycles. The maximum atomic E-state index is 13.1. The van der Waals surface area contributed by atoms with Gasteiger partial charge in [0.1, 0.15) is 6.04 Å². The van der Waals surface area contributed by atoms with Crippen LogP contribution >= 0.6 is 22.6 Å². The lowest BCUT2D eigenvalue weighted by Crippen LogP contribution is -2.54. The van der Waals surface area contributed by atoms with Crippen LogP contribution in [0.25, 0.3) is 0 Å². The molecule has 0 bridgehead atoms. The molecular weight excluding hydrogens is 555 g/mol. The van der Waals surface area contributed by atoms with Crippen molar-refractivity contribution < 1.29 is 14.7 Å². The number of aliphatic hydroxyl groups excluding tert-OH is 1. The van der Waals surface area contributed by atoms with Crippen LogP contribution in [0.5, 0.6) is 0 Å². The number of carbonyl (C=O) groups is 2. The Morgan fingerprint density at radius 2 is 1.34 bits per heavy atom. The van der Waals surface area contributed by atoms with Gasteiger partial charge in [0.2, 0.25) is 11.8 Å². The Labute approximate surface area is 219 Å². The lowest BCUT2D eigenvalue weighted by atomic mass is 10.0. The molecule has 0 aliphatic rings. The summed E-state index contributed by atoms with van der Waals surface area (Å²) >= 11 is 2.19. The molecule has 4 atom stereocenters. The highest BCUT2D eigenvalue weighted by atomic mass is 127. The van der Waals surface area contributed by atoms with Crippen LogP contribution in [0.4, 0.5) is 0 Å². The molecule has 35 heavy (non-hydrogen) atoms. The first-order chi connectivity index (χ1) is 16.8. The van der Waals surface area contributed by atoms with E-state index in [1.807, 2.05) is 72.8 Å². The van der Waals surface area contributed by atoms with Crippen molar-refractivity contribution in [3.63, 3.8) is 0 Å². The second kappa shape index (κ2) is 13.3. The molecule has 0 unspecified atom stereocenters. The average molecular weight is 586 g/mol. The number of nitrogens with one attached hydrogen (secondary N) is 2. The number of carbonyl (C=O) groups excluding carboxylic acids is 2. The van der Waals surface area contributed by atoms with Gasteiger partial charge in [-0.05, 0) is 57.8 Å². The summed E-state index contributed by atoms with van der Waals surface area (Å²) in [6.07, 6.45) is -0.279. The Kier molecular flexibility index (Phi) is 10.2. The van der Waals surface area contributed by atoms with E-state index in [9.17, 15) is 14.7 Å². The SMILES string of the molecule is N[C@H](Cc1ccccc1)C(=O)N[C@H](Cc1ccccc1)C(=O)NC[C@H](N)[C@@H](O)c1ccc(I)cc1. The van der Waals surface area contributed by atoms with Crippen LogP contribution in [0.2, 0.25) is 0 Å². The van der Waals surface area contributed by atoms with Crippen LogP contribution in [-0.4, -0.2) is 41.6 Å². The van der Waals surface area contributed by atoms with Crippen molar-refractivity contribution in [3.8, 4) is 0 Å². The Bertz CT molecular complexity index is 1080. The van der Waals surface area contributed by atoms with Gasteiger partial charge in [-0.15, -0.1) is 0 Å². The van der Waals surface area contributed by atoms with Crippen LogP contribution in [-0.2, 0) is 22.4 Å². The lowest BCUT2D eigenvalue weighted by Gasteiger charge is -2.24. The third kappa shape index (κ3) is 8.43. The Morgan fingerprint density at radius 3 is 1.91 bits per heavy atom. The van der Waals surface area contributed by atoms with E-state index in [0.717, 1.165) is 14.7 Å². The zero-order valence-corrected chi connectivity index (χ0v) is 21.5. The summed E-state index contributed by atoms with van der Waals surface area (Å²) in [5.74, 6) is -0.799. The van der Waals surface area contributed by atoms with Gasteiger partial charge in [0.15, 0.2) is 0 Å². The van der Waals surface area contributed by atoms with E-state index >= 15 is 0 Å². The van der Waals surface area contributed by atoms with E-state index in [1.165, 1.54) is 0 Å². The number of amides is 2. The Balaban J connectivity index is 1.63. The number of hydrogen-bond acceptors (Lipinski definition) is 5. The molecule has 2 amide bonds. The van der Waals surface area contributed by atoms with Gasteiger partial charge in [-0.1, -0.05) is 72.8 Å². The number of hydrogen-bond donors (Lipinski definition) is 5. The van der Waals surface area contributed by atoms with E-state index in [0.29, 0.717) is 18.4 Å². The summed E-state index contributed by atoms with van der Waals surface area (Å²) in [7, 11) is 0. The van der Waals surface area contributed by atoms with Gasteiger partial charge in [0.05, 0.1) is 18.2 Å². The van der Waals surface area contributed by atoms with Crippen molar-refractivity contribution in [1.29, 1.82) is 0 Å². The van der Waals surface area contributed by atoms with Crippen LogP contribution in [0.3, 0.4) is 0 Å².